The number of aromatic nitrogens is 1. The maximum atomic E-state index is 12.6. The Labute approximate surface area is 131 Å². The Morgan fingerprint density at radius 2 is 1.59 bits per heavy atom. The molecule has 22 heavy (non-hydrogen) atoms. The molecule has 1 unspecified atom stereocenters. The Hall–Kier alpha value is -1.78. The molecule has 1 aliphatic carbocycles. The number of amides is 2. The summed E-state index contributed by atoms with van der Waals surface area (Å²) >= 11 is 0. The molecule has 5 nitrogen and oxygen atoms in total. The van der Waals surface area contributed by atoms with E-state index in [1.165, 1.54) is 0 Å². The first-order valence-electron chi connectivity index (χ1n) is 8.22. The summed E-state index contributed by atoms with van der Waals surface area (Å²) in [5.41, 5.74) is -0.113. The average Bonchev–Trinajstić information content (AvgIpc) is 3.13. The Bertz CT molecular complexity index is 548. The molecule has 2 amide bonds. The molecule has 1 aromatic heterocycles. The van der Waals surface area contributed by atoms with E-state index in [2.05, 4.69) is 6.92 Å². The third-order valence-electron chi connectivity index (χ3n) is 5.04. The number of hydrogen-bond donors (Lipinski definition) is 0. The van der Waals surface area contributed by atoms with Crippen molar-refractivity contribution in [1.82, 2.24) is 14.4 Å². The van der Waals surface area contributed by atoms with Crippen molar-refractivity contribution in [2.24, 2.45) is 5.41 Å². The van der Waals surface area contributed by atoms with Gasteiger partial charge in [-0.1, -0.05) is 6.92 Å². The van der Waals surface area contributed by atoms with E-state index in [9.17, 15) is 9.59 Å². The van der Waals surface area contributed by atoms with E-state index in [-0.39, 0.29) is 23.3 Å². The molecule has 120 valence electrons. The number of rotatable bonds is 3. The first kappa shape index (κ1) is 15.1. The van der Waals surface area contributed by atoms with Crippen LogP contribution in [0, 0.1) is 5.41 Å². The summed E-state index contributed by atoms with van der Waals surface area (Å²) in [4.78, 5) is 29.0. The molecule has 1 atom stereocenters. The Morgan fingerprint density at radius 3 is 2.23 bits per heavy atom. The van der Waals surface area contributed by atoms with Gasteiger partial charge in [-0.05, 0) is 38.3 Å². The standard InChI is InChI=1S/C17H25N3O2/c1-14(18-8-3-4-9-18)15(21)19-10-5-11-20(13-12-19)16(22)17(2)6-7-17/h3-4,8-9,14H,5-7,10-13H2,1-2H3. The fraction of sp³-hybridized carbons (Fsp3) is 0.647. The maximum absolute atomic E-state index is 12.6. The first-order chi connectivity index (χ1) is 10.5. The zero-order valence-electron chi connectivity index (χ0n) is 13.5. The van der Waals surface area contributed by atoms with Gasteiger partial charge in [-0.25, -0.2) is 0 Å². The Kier molecular flexibility index (Phi) is 3.98. The molecule has 1 aromatic rings. The largest absolute Gasteiger partial charge is 0.342 e. The lowest BCUT2D eigenvalue weighted by Gasteiger charge is -2.26. The highest BCUT2D eigenvalue weighted by Crippen LogP contribution is 2.46. The van der Waals surface area contributed by atoms with E-state index in [0.29, 0.717) is 13.1 Å². The minimum absolute atomic E-state index is 0.113. The molecule has 0 spiro atoms. The molecule has 3 rings (SSSR count). The summed E-state index contributed by atoms with van der Waals surface area (Å²) in [6.45, 7) is 6.81. The zero-order valence-corrected chi connectivity index (χ0v) is 13.5. The van der Waals surface area contributed by atoms with Crippen LogP contribution in [0.3, 0.4) is 0 Å². The summed E-state index contributed by atoms with van der Waals surface area (Å²) < 4.78 is 1.93. The average molecular weight is 303 g/mol. The van der Waals surface area contributed by atoms with Crippen LogP contribution in [0.2, 0.25) is 0 Å². The SMILES string of the molecule is CC(C(=O)N1CCCN(C(=O)C2(C)CC2)CC1)n1cccc1. The predicted molar refractivity (Wildman–Crippen MR) is 84.3 cm³/mol. The van der Waals surface area contributed by atoms with E-state index in [4.69, 9.17) is 0 Å². The molecule has 2 fully saturated rings. The molecule has 0 radical (unpaired) electrons. The van der Waals surface area contributed by atoms with Crippen molar-refractivity contribution >= 4 is 11.8 Å². The second-order valence-electron chi connectivity index (χ2n) is 6.84. The van der Waals surface area contributed by atoms with Crippen LogP contribution in [0.5, 0.6) is 0 Å². The molecule has 1 aliphatic heterocycles. The van der Waals surface area contributed by atoms with Gasteiger partial charge >= 0.3 is 0 Å². The molecule has 5 heteroatoms. The smallest absolute Gasteiger partial charge is 0.245 e. The Balaban J connectivity index is 1.60. The van der Waals surface area contributed by atoms with Gasteiger partial charge in [0.25, 0.3) is 0 Å². The van der Waals surface area contributed by atoms with E-state index < -0.39 is 0 Å². The fourth-order valence-corrected chi connectivity index (χ4v) is 3.12. The van der Waals surface area contributed by atoms with Crippen LogP contribution in [0.4, 0.5) is 0 Å². The lowest BCUT2D eigenvalue weighted by atomic mass is 10.1. The summed E-state index contributed by atoms with van der Waals surface area (Å²) in [7, 11) is 0. The van der Waals surface area contributed by atoms with Crippen molar-refractivity contribution in [2.75, 3.05) is 26.2 Å². The molecule has 2 aliphatic rings. The second-order valence-corrected chi connectivity index (χ2v) is 6.84. The predicted octanol–water partition coefficient (Wildman–Crippen LogP) is 1.91. The molecule has 0 N–H and O–H groups in total. The Morgan fingerprint density at radius 1 is 1.00 bits per heavy atom. The van der Waals surface area contributed by atoms with Crippen LogP contribution < -0.4 is 0 Å². The summed E-state index contributed by atoms with van der Waals surface area (Å²) in [5, 5.41) is 0. The number of nitrogens with zero attached hydrogens (tertiary/aromatic N) is 3. The molecular formula is C17H25N3O2. The van der Waals surface area contributed by atoms with Gasteiger partial charge in [-0.3, -0.25) is 9.59 Å². The van der Waals surface area contributed by atoms with Crippen molar-refractivity contribution < 1.29 is 9.59 Å². The van der Waals surface area contributed by atoms with Crippen molar-refractivity contribution in [1.29, 1.82) is 0 Å². The summed E-state index contributed by atoms with van der Waals surface area (Å²) in [6, 6.07) is 3.68. The van der Waals surface area contributed by atoms with Gasteiger partial charge in [-0.2, -0.15) is 0 Å². The third-order valence-corrected chi connectivity index (χ3v) is 5.04. The highest BCUT2D eigenvalue weighted by Gasteiger charge is 2.47. The van der Waals surface area contributed by atoms with Gasteiger partial charge in [0.15, 0.2) is 0 Å². The molecule has 1 saturated carbocycles. The fourth-order valence-electron chi connectivity index (χ4n) is 3.12. The van der Waals surface area contributed by atoms with Crippen molar-refractivity contribution in [3.8, 4) is 0 Å². The van der Waals surface area contributed by atoms with Gasteiger partial charge in [0.2, 0.25) is 11.8 Å². The summed E-state index contributed by atoms with van der Waals surface area (Å²) in [6.07, 6.45) is 6.73. The van der Waals surface area contributed by atoms with Crippen LogP contribution >= 0.6 is 0 Å². The van der Waals surface area contributed by atoms with Crippen molar-refractivity contribution in [3.05, 3.63) is 24.5 Å². The van der Waals surface area contributed by atoms with Crippen LogP contribution in [0.25, 0.3) is 0 Å². The summed E-state index contributed by atoms with van der Waals surface area (Å²) in [5.74, 6) is 0.420. The quantitative estimate of drug-likeness (QED) is 0.856. The van der Waals surface area contributed by atoms with Gasteiger partial charge in [0.05, 0.1) is 0 Å². The van der Waals surface area contributed by atoms with E-state index in [1.807, 2.05) is 45.8 Å². The molecule has 0 bridgehead atoms. The first-order valence-corrected chi connectivity index (χ1v) is 8.22. The molecular weight excluding hydrogens is 278 g/mol. The molecule has 1 saturated heterocycles. The van der Waals surface area contributed by atoms with Crippen molar-refractivity contribution in [3.63, 3.8) is 0 Å². The highest BCUT2D eigenvalue weighted by molar-refractivity contribution is 5.85. The van der Waals surface area contributed by atoms with Gasteiger partial charge in [0.1, 0.15) is 6.04 Å². The van der Waals surface area contributed by atoms with Gasteiger partial charge < -0.3 is 14.4 Å². The third kappa shape index (κ3) is 2.89. The van der Waals surface area contributed by atoms with Crippen LogP contribution in [-0.4, -0.2) is 52.4 Å². The van der Waals surface area contributed by atoms with Crippen LogP contribution in [0.15, 0.2) is 24.5 Å². The minimum atomic E-state index is -0.182. The zero-order chi connectivity index (χ0) is 15.7. The number of carbonyl (C=O) groups excluding carboxylic acids is 2. The highest BCUT2D eigenvalue weighted by atomic mass is 16.2. The van der Waals surface area contributed by atoms with Gasteiger partial charge in [-0.15, -0.1) is 0 Å². The van der Waals surface area contributed by atoms with Crippen LogP contribution in [-0.2, 0) is 9.59 Å². The topological polar surface area (TPSA) is 45.6 Å². The number of carbonyl (C=O) groups is 2. The van der Waals surface area contributed by atoms with E-state index >= 15 is 0 Å². The lowest BCUT2D eigenvalue weighted by molar-refractivity contribution is -0.137. The lowest BCUT2D eigenvalue weighted by Crippen LogP contribution is -2.41. The van der Waals surface area contributed by atoms with E-state index in [1.54, 1.807) is 0 Å². The maximum Gasteiger partial charge on any atom is 0.245 e. The monoisotopic (exact) mass is 303 g/mol. The van der Waals surface area contributed by atoms with Gasteiger partial charge in [0, 0.05) is 44.0 Å². The minimum Gasteiger partial charge on any atom is -0.342 e. The normalized spacial score (nSPS) is 22.1. The molecule has 0 aromatic carbocycles. The molecule has 2 heterocycles. The second kappa shape index (κ2) is 5.78. The van der Waals surface area contributed by atoms with Crippen LogP contribution in [0.1, 0.15) is 39.2 Å². The van der Waals surface area contributed by atoms with Crippen molar-refractivity contribution in [2.45, 2.75) is 39.2 Å². The van der Waals surface area contributed by atoms with E-state index in [0.717, 1.165) is 32.4 Å². The number of hydrogen-bond acceptors (Lipinski definition) is 2.